The molecule has 0 atom stereocenters. The molecule has 98 valence electrons. The molecular weight excluding hydrogens is 573 g/mol. The summed E-state index contributed by atoms with van der Waals surface area (Å²) < 4.78 is 13.6. The van der Waals surface area contributed by atoms with Gasteiger partial charge >= 0.3 is 5.97 Å². The van der Waals surface area contributed by atoms with E-state index in [1.807, 2.05) is 0 Å². The molecule has 0 aliphatic heterocycles. The van der Waals surface area contributed by atoms with Crippen molar-refractivity contribution in [3.8, 4) is 5.75 Å². The van der Waals surface area contributed by atoms with Crippen LogP contribution < -0.4 is 4.74 Å². The lowest BCUT2D eigenvalue weighted by molar-refractivity contribution is -0.136. The smallest absolute Gasteiger partial charge is 0.333 e. The van der Waals surface area contributed by atoms with Gasteiger partial charge in [0.1, 0.15) is 12.4 Å². The summed E-state index contributed by atoms with van der Waals surface area (Å²) in [6, 6.07) is 4.10. The number of rotatable bonds is 4. The van der Waals surface area contributed by atoms with Crippen LogP contribution in [0.4, 0.5) is 0 Å². The fraction of sp³-hybridized carbons (Fsp3) is 0.250. The number of hydrogen-bond acceptors (Lipinski definition) is 3. The fourth-order valence-electron chi connectivity index (χ4n) is 1.16. The first-order valence-electron chi connectivity index (χ1n) is 4.98. The van der Waals surface area contributed by atoms with Crippen LogP contribution in [-0.4, -0.2) is 19.7 Å². The highest BCUT2D eigenvalue weighted by atomic mass is 127. The van der Waals surface area contributed by atoms with Crippen LogP contribution in [0.15, 0.2) is 23.8 Å². The molecule has 0 spiro atoms. The average Bonchev–Trinajstić information content (AvgIpc) is 2.31. The molecule has 0 N–H and O–H groups in total. The summed E-state index contributed by atoms with van der Waals surface area (Å²) in [6.45, 7) is 2.06. The molecular formula is C12H11I3O3. The topological polar surface area (TPSA) is 35.5 Å². The van der Waals surface area contributed by atoms with Gasteiger partial charge < -0.3 is 9.47 Å². The van der Waals surface area contributed by atoms with E-state index in [1.54, 1.807) is 13.0 Å². The molecule has 1 aromatic carbocycles. The predicted octanol–water partition coefficient (Wildman–Crippen LogP) is 4.00. The Morgan fingerprint density at radius 3 is 2.33 bits per heavy atom. The van der Waals surface area contributed by atoms with Gasteiger partial charge in [-0.25, -0.2) is 4.79 Å². The maximum atomic E-state index is 11.2. The van der Waals surface area contributed by atoms with Crippen LogP contribution in [0.1, 0.15) is 6.92 Å². The summed E-state index contributed by atoms with van der Waals surface area (Å²) in [4.78, 5) is 11.2. The van der Waals surface area contributed by atoms with E-state index in [2.05, 4.69) is 84.6 Å². The lowest BCUT2D eigenvalue weighted by Gasteiger charge is -2.09. The third kappa shape index (κ3) is 4.83. The van der Waals surface area contributed by atoms with Gasteiger partial charge in [-0.05, 0) is 92.9 Å². The van der Waals surface area contributed by atoms with E-state index in [9.17, 15) is 4.79 Å². The summed E-state index contributed by atoms with van der Waals surface area (Å²) in [5.41, 5.74) is 0.549. The number of halogens is 3. The normalized spacial score (nSPS) is 11.3. The largest absolute Gasteiger partial charge is 0.487 e. The summed E-state index contributed by atoms with van der Waals surface area (Å²) >= 11 is 6.76. The van der Waals surface area contributed by atoms with Gasteiger partial charge in [0.15, 0.2) is 0 Å². The summed E-state index contributed by atoms with van der Waals surface area (Å²) in [7, 11) is 1.37. The number of carbonyl (C=O) groups is 1. The van der Waals surface area contributed by atoms with Crippen LogP contribution in [0.25, 0.3) is 0 Å². The molecule has 1 rings (SSSR count). The Morgan fingerprint density at radius 1 is 1.28 bits per heavy atom. The first-order chi connectivity index (χ1) is 8.45. The molecule has 0 amide bonds. The minimum absolute atomic E-state index is 0.328. The van der Waals surface area contributed by atoms with Gasteiger partial charge in [-0.3, -0.25) is 0 Å². The Hall–Kier alpha value is 0.420. The molecule has 0 saturated heterocycles. The van der Waals surface area contributed by atoms with Gasteiger partial charge in [0, 0.05) is 9.14 Å². The second-order valence-electron chi connectivity index (χ2n) is 3.39. The highest BCUT2D eigenvalue weighted by Gasteiger charge is 2.08. The van der Waals surface area contributed by atoms with Crippen molar-refractivity contribution < 1.29 is 14.3 Å². The number of hydrogen-bond donors (Lipinski definition) is 0. The molecule has 1 aromatic rings. The van der Waals surface area contributed by atoms with Crippen molar-refractivity contribution in [3.05, 3.63) is 34.5 Å². The monoisotopic (exact) mass is 584 g/mol. The molecule has 0 aliphatic rings. The Morgan fingerprint density at radius 2 is 1.83 bits per heavy atom. The van der Waals surface area contributed by atoms with Gasteiger partial charge in [0.25, 0.3) is 0 Å². The number of carbonyl (C=O) groups excluding carboxylic acids is 1. The Kier molecular flexibility index (Phi) is 7.21. The van der Waals surface area contributed by atoms with Crippen LogP contribution in [0.2, 0.25) is 0 Å². The van der Waals surface area contributed by atoms with E-state index in [4.69, 9.17) is 4.74 Å². The molecule has 0 bridgehead atoms. The van der Waals surface area contributed by atoms with Crippen molar-refractivity contribution in [2.45, 2.75) is 6.92 Å². The van der Waals surface area contributed by atoms with Crippen LogP contribution in [0.3, 0.4) is 0 Å². The summed E-state index contributed by atoms with van der Waals surface area (Å²) in [6.07, 6.45) is 1.72. The summed E-state index contributed by atoms with van der Waals surface area (Å²) in [5.74, 6) is 0.524. The van der Waals surface area contributed by atoms with Crippen LogP contribution in [0.5, 0.6) is 5.75 Å². The van der Waals surface area contributed by atoms with E-state index < -0.39 is 0 Å². The number of benzene rings is 1. The van der Waals surface area contributed by atoms with Crippen LogP contribution in [-0.2, 0) is 9.53 Å². The Balaban J connectivity index is 2.73. The zero-order valence-electron chi connectivity index (χ0n) is 9.80. The molecule has 0 aromatic heterocycles. The lowest BCUT2D eigenvalue weighted by Crippen LogP contribution is -2.05. The van der Waals surface area contributed by atoms with Crippen molar-refractivity contribution in [2.75, 3.05) is 13.7 Å². The van der Waals surface area contributed by atoms with E-state index in [-0.39, 0.29) is 5.97 Å². The van der Waals surface area contributed by atoms with Gasteiger partial charge in [-0.1, -0.05) is 0 Å². The van der Waals surface area contributed by atoms with E-state index in [0.29, 0.717) is 12.2 Å². The van der Waals surface area contributed by atoms with Crippen LogP contribution >= 0.6 is 67.8 Å². The molecule has 3 nitrogen and oxygen atoms in total. The maximum Gasteiger partial charge on any atom is 0.333 e. The van der Waals surface area contributed by atoms with Crippen molar-refractivity contribution in [1.29, 1.82) is 0 Å². The fourth-order valence-corrected chi connectivity index (χ4v) is 5.06. The first kappa shape index (κ1) is 16.5. The van der Waals surface area contributed by atoms with Crippen molar-refractivity contribution in [3.63, 3.8) is 0 Å². The minimum atomic E-state index is -0.328. The molecule has 0 unspecified atom stereocenters. The Labute approximate surface area is 147 Å². The molecule has 0 fully saturated rings. The number of esters is 1. The maximum absolute atomic E-state index is 11.2. The van der Waals surface area contributed by atoms with E-state index in [1.165, 1.54) is 10.7 Å². The molecule has 0 saturated carbocycles. The quantitative estimate of drug-likeness (QED) is 0.306. The first-order valence-corrected chi connectivity index (χ1v) is 8.21. The van der Waals surface area contributed by atoms with Crippen molar-refractivity contribution >= 4 is 73.7 Å². The molecule has 6 heteroatoms. The molecule has 18 heavy (non-hydrogen) atoms. The van der Waals surface area contributed by atoms with Gasteiger partial charge in [-0.15, -0.1) is 0 Å². The number of methoxy groups -OCH3 is 1. The second-order valence-corrected chi connectivity index (χ2v) is 6.96. The average molecular weight is 584 g/mol. The molecule has 0 radical (unpaired) electrons. The van der Waals surface area contributed by atoms with Gasteiger partial charge in [0.05, 0.1) is 14.3 Å². The third-order valence-electron chi connectivity index (χ3n) is 2.09. The van der Waals surface area contributed by atoms with E-state index in [0.717, 1.165) is 12.9 Å². The highest BCUT2D eigenvalue weighted by Crippen LogP contribution is 2.29. The SMILES string of the molecule is COC(=O)C(C)=CCOc1c(I)cc(I)cc1I. The van der Waals surface area contributed by atoms with Gasteiger partial charge in [0.2, 0.25) is 0 Å². The molecule has 0 aliphatic carbocycles. The minimum Gasteiger partial charge on any atom is -0.487 e. The summed E-state index contributed by atoms with van der Waals surface area (Å²) in [5, 5.41) is 0. The second kappa shape index (κ2) is 7.88. The zero-order valence-corrected chi connectivity index (χ0v) is 16.3. The van der Waals surface area contributed by atoms with Crippen molar-refractivity contribution in [2.24, 2.45) is 0 Å². The lowest BCUT2D eigenvalue weighted by atomic mass is 10.3. The van der Waals surface area contributed by atoms with Gasteiger partial charge in [-0.2, -0.15) is 0 Å². The Bertz CT molecular complexity index is 460. The zero-order chi connectivity index (χ0) is 13.7. The molecule has 0 heterocycles. The number of ether oxygens (including phenoxy) is 2. The predicted molar refractivity (Wildman–Crippen MR) is 95.9 cm³/mol. The standard InChI is InChI=1S/C12H11I3O3/c1-7(12(16)17-2)3-4-18-11-9(14)5-8(13)6-10(11)15/h3,5-6H,4H2,1-2H3. The third-order valence-corrected chi connectivity index (χ3v) is 4.31. The highest BCUT2D eigenvalue weighted by molar-refractivity contribution is 14.1. The van der Waals surface area contributed by atoms with Crippen molar-refractivity contribution in [1.82, 2.24) is 0 Å². The van der Waals surface area contributed by atoms with Crippen LogP contribution in [0, 0.1) is 10.7 Å². The van der Waals surface area contributed by atoms with E-state index >= 15 is 0 Å².